The first-order valence-corrected chi connectivity index (χ1v) is 10.8. The van der Waals surface area contributed by atoms with Gasteiger partial charge in [0, 0.05) is 19.0 Å². The molecule has 4 aliphatic rings. The van der Waals surface area contributed by atoms with Crippen LogP contribution in [0.3, 0.4) is 0 Å². The van der Waals surface area contributed by atoms with Crippen molar-refractivity contribution in [2.24, 2.45) is 4.99 Å². The maximum Gasteiger partial charge on any atom is 0.191 e. The monoisotopic (exact) mass is 513 g/mol. The van der Waals surface area contributed by atoms with Crippen LogP contribution in [0.4, 0.5) is 0 Å². The molecule has 0 aromatic heterocycles. The van der Waals surface area contributed by atoms with Gasteiger partial charge in [0.15, 0.2) is 17.5 Å². The number of nitrogens with one attached hydrogen (secondary N) is 2. The summed E-state index contributed by atoms with van der Waals surface area (Å²) in [5.41, 5.74) is 1.47. The number of guanidine groups is 1. The van der Waals surface area contributed by atoms with E-state index in [0.717, 1.165) is 30.4 Å². The van der Waals surface area contributed by atoms with Crippen LogP contribution >= 0.6 is 24.0 Å². The number of benzene rings is 1. The Morgan fingerprint density at radius 1 is 1.14 bits per heavy atom. The van der Waals surface area contributed by atoms with Crippen LogP contribution in [0, 0.1) is 0 Å². The van der Waals surface area contributed by atoms with Gasteiger partial charge in [0.25, 0.3) is 0 Å². The van der Waals surface area contributed by atoms with Gasteiger partial charge in [0.1, 0.15) is 13.2 Å². The van der Waals surface area contributed by atoms with Crippen LogP contribution in [0.2, 0.25) is 0 Å². The van der Waals surface area contributed by atoms with Crippen molar-refractivity contribution in [2.75, 3.05) is 26.8 Å². The maximum absolute atomic E-state index is 5.98. The lowest BCUT2D eigenvalue weighted by Gasteiger charge is -2.32. The molecule has 6 nitrogen and oxygen atoms in total. The van der Waals surface area contributed by atoms with Gasteiger partial charge in [-0.15, -0.1) is 24.0 Å². The first kappa shape index (κ1) is 21.0. The van der Waals surface area contributed by atoms with E-state index in [1.807, 2.05) is 7.05 Å². The Hall–Kier alpha value is -1.22. The lowest BCUT2D eigenvalue weighted by molar-refractivity contribution is 0.0992. The molecular formula is C22H32IN3O3. The second kappa shape index (κ2) is 8.88. The van der Waals surface area contributed by atoms with Gasteiger partial charge < -0.3 is 24.8 Å². The van der Waals surface area contributed by atoms with Gasteiger partial charge in [-0.2, -0.15) is 0 Å². The summed E-state index contributed by atoms with van der Waals surface area (Å²) < 4.78 is 17.5. The maximum atomic E-state index is 5.98. The molecule has 0 amide bonds. The molecule has 1 aromatic rings. The van der Waals surface area contributed by atoms with Crippen LogP contribution in [0.5, 0.6) is 11.5 Å². The zero-order valence-electron chi connectivity index (χ0n) is 17.1. The van der Waals surface area contributed by atoms with Crippen molar-refractivity contribution in [1.82, 2.24) is 10.6 Å². The van der Waals surface area contributed by atoms with Crippen molar-refractivity contribution in [3.63, 3.8) is 0 Å². The molecule has 5 rings (SSSR count). The first-order valence-electron chi connectivity index (χ1n) is 10.8. The largest absolute Gasteiger partial charge is 0.486 e. The van der Waals surface area contributed by atoms with Crippen molar-refractivity contribution < 1.29 is 14.2 Å². The zero-order valence-corrected chi connectivity index (χ0v) is 19.4. The Kier molecular flexibility index (Phi) is 6.44. The normalized spacial score (nSPS) is 29.4. The molecule has 160 valence electrons. The average molecular weight is 513 g/mol. The molecule has 3 heterocycles. The molecule has 3 atom stereocenters. The summed E-state index contributed by atoms with van der Waals surface area (Å²) in [5, 5.41) is 7.24. The Labute approximate surface area is 190 Å². The van der Waals surface area contributed by atoms with E-state index in [9.17, 15) is 0 Å². The van der Waals surface area contributed by atoms with Crippen LogP contribution in [0.1, 0.15) is 50.5 Å². The van der Waals surface area contributed by atoms with E-state index in [2.05, 4.69) is 33.8 Å². The molecule has 2 bridgehead atoms. The summed E-state index contributed by atoms with van der Waals surface area (Å²) in [6.45, 7) is 2.14. The van der Waals surface area contributed by atoms with Gasteiger partial charge in [-0.3, -0.25) is 4.99 Å². The van der Waals surface area contributed by atoms with Crippen LogP contribution in [-0.4, -0.2) is 51.0 Å². The van der Waals surface area contributed by atoms with Crippen LogP contribution in [-0.2, 0) is 10.2 Å². The molecule has 1 saturated carbocycles. The summed E-state index contributed by atoms with van der Waals surface area (Å²) in [4.78, 5) is 4.49. The van der Waals surface area contributed by atoms with Crippen molar-refractivity contribution in [2.45, 2.75) is 68.6 Å². The van der Waals surface area contributed by atoms with Gasteiger partial charge in [0.05, 0.1) is 18.2 Å². The van der Waals surface area contributed by atoms with Gasteiger partial charge in [-0.05, 0) is 49.8 Å². The van der Waals surface area contributed by atoms with E-state index in [4.69, 9.17) is 14.2 Å². The number of hydrogen-bond acceptors (Lipinski definition) is 4. The minimum atomic E-state index is 0. The average Bonchev–Trinajstić information content (AvgIpc) is 3.48. The highest BCUT2D eigenvalue weighted by atomic mass is 127. The Bertz CT molecular complexity index is 751. The fraction of sp³-hybridized carbons (Fsp3) is 0.682. The van der Waals surface area contributed by atoms with E-state index in [0.29, 0.717) is 31.5 Å². The van der Waals surface area contributed by atoms with Crippen molar-refractivity contribution in [1.29, 1.82) is 0 Å². The lowest BCUT2D eigenvalue weighted by atomic mass is 9.78. The predicted molar refractivity (Wildman–Crippen MR) is 124 cm³/mol. The van der Waals surface area contributed by atoms with Crippen LogP contribution in [0.15, 0.2) is 23.2 Å². The standard InChI is InChI=1S/C22H31N3O3.HI/c1-23-21(25-17-13-16-5-7-18(17)28-16)24-14-22(8-2-3-9-22)15-4-6-19-20(12-15)27-11-10-26-19;/h4,6,12,16-18H,2-3,5,7-11,13-14H2,1H3,(H2,23,24,25);1H. The third kappa shape index (κ3) is 4.17. The molecule has 3 aliphatic heterocycles. The third-order valence-electron chi connectivity index (χ3n) is 6.96. The first-order chi connectivity index (χ1) is 13.8. The number of rotatable bonds is 4. The van der Waals surface area contributed by atoms with E-state index in [1.165, 1.54) is 44.1 Å². The second-order valence-corrected chi connectivity index (χ2v) is 8.63. The topological polar surface area (TPSA) is 64.1 Å². The molecule has 3 fully saturated rings. The smallest absolute Gasteiger partial charge is 0.191 e. The third-order valence-corrected chi connectivity index (χ3v) is 6.96. The molecular weight excluding hydrogens is 481 g/mol. The van der Waals surface area contributed by atoms with E-state index < -0.39 is 0 Å². The number of hydrogen-bond donors (Lipinski definition) is 2. The Balaban J connectivity index is 0.00000205. The van der Waals surface area contributed by atoms with Gasteiger partial charge >= 0.3 is 0 Å². The highest BCUT2D eigenvalue weighted by Crippen LogP contribution is 2.44. The van der Waals surface area contributed by atoms with Gasteiger partial charge in [-0.1, -0.05) is 18.9 Å². The minimum Gasteiger partial charge on any atom is -0.486 e. The molecule has 2 N–H and O–H groups in total. The summed E-state index contributed by atoms with van der Waals surface area (Å²) in [7, 11) is 1.86. The quantitative estimate of drug-likeness (QED) is 0.368. The molecule has 7 heteroatoms. The summed E-state index contributed by atoms with van der Waals surface area (Å²) >= 11 is 0. The van der Waals surface area contributed by atoms with E-state index >= 15 is 0 Å². The van der Waals surface area contributed by atoms with E-state index in [1.54, 1.807) is 0 Å². The SMILES string of the molecule is CN=C(NCC1(c2ccc3c(c2)OCCO3)CCCC1)NC1CC2CCC1O2.I. The number of halogens is 1. The molecule has 29 heavy (non-hydrogen) atoms. The van der Waals surface area contributed by atoms with E-state index in [-0.39, 0.29) is 29.4 Å². The highest BCUT2D eigenvalue weighted by Gasteiger charge is 2.41. The fourth-order valence-electron chi connectivity index (χ4n) is 5.41. The fourth-order valence-corrected chi connectivity index (χ4v) is 5.41. The summed E-state index contributed by atoms with van der Waals surface area (Å²) in [5.74, 6) is 2.64. The van der Waals surface area contributed by atoms with Crippen LogP contribution in [0.25, 0.3) is 0 Å². The molecule has 2 saturated heterocycles. The molecule has 0 radical (unpaired) electrons. The summed E-state index contributed by atoms with van der Waals surface area (Å²) in [6.07, 6.45) is 9.18. The molecule has 0 spiro atoms. The number of ether oxygens (including phenoxy) is 3. The molecule has 1 aromatic carbocycles. The molecule has 1 aliphatic carbocycles. The predicted octanol–water partition coefficient (Wildman–Crippen LogP) is 3.37. The highest BCUT2D eigenvalue weighted by molar-refractivity contribution is 14.0. The number of nitrogens with zero attached hydrogens (tertiary/aromatic N) is 1. The van der Waals surface area contributed by atoms with Crippen molar-refractivity contribution in [3.8, 4) is 11.5 Å². The minimum absolute atomic E-state index is 0. The Morgan fingerprint density at radius 2 is 1.93 bits per heavy atom. The number of fused-ring (bicyclic) bond motifs is 3. The molecule has 3 unspecified atom stereocenters. The van der Waals surface area contributed by atoms with Gasteiger partial charge in [0.2, 0.25) is 0 Å². The Morgan fingerprint density at radius 3 is 2.62 bits per heavy atom. The second-order valence-electron chi connectivity index (χ2n) is 8.63. The lowest BCUT2D eigenvalue weighted by Crippen LogP contribution is -2.50. The zero-order chi connectivity index (χ0) is 19.0. The van der Waals surface area contributed by atoms with Crippen molar-refractivity contribution >= 4 is 29.9 Å². The van der Waals surface area contributed by atoms with Crippen LogP contribution < -0.4 is 20.1 Å². The number of aliphatic imine (C=N–C) groups is 1. The van der Waals surface area contributed by atoms with Gasteiger partial charge in [-0.25, -0.2) is 0 Å². The summed E-state index contributed by atoms with van der Waals surface area (Å²) in [6, 6.07) is 6.88. The van der Waals surface area contributed by atoms with Crippen molar-refractivity contribution in [3.05, 3.63) is 23.8 Å².